The van der Waals surface area contributed by atoms with Gasteiger partial charge in [-0.25, -0.2) is 0 Å². The number of hydrogen-bond donors (Lipinski definition) is 1. The monoisotopic (exact) mass is 275 g/mol. The van der Waals surface area contributed by atoms with Crippen LogP contribution in [-0.2, 0) is 6.54 Å². The maximum Gasteiger partial charge on any atom is 0.0180 e. The minimum atomic E-state index is 0.593. The van der Waals surface area contributed by atoms with E-state index in [0.29, 0.717) is 6.54 Å². The van der Waals surface area contributed by atoms with Crippen LogP contribution in [0.4, 0.5) is 0 Å². The molecule has 0 aliphatic heterocycles. The van der Waals surface area contributed by atoms with Crippen LogP contribution in [0, 0.1) is 6.92 Å². The minimum Gasteiger partial charge on any atom is -0.326 e. The van der Waals surface area contributed by atoms with Gasteiger partial charge >= 0.3 is 0 Å². The Hall–Kier alpha value is -1.12. The van der Waals surface area contributed by atoms with Crippen molar-refractivity contribution in [1.82, 2.24) is 0 Å². The SMILES string of the molecule is Cc1ccc(-c2ccc(Br)cc2)cc1CN. The zero-order chi connectivity index (χ0) is 11.5. The Balaban J connectivity index is 2.44. The van der Waals surface area contributed by atoms with Gasteiger partial charge in [0.05, 0.1) is 0 Å². The van der Waals surface area contributed by atoms with Crippen molar-refractivity contribution in [2.24, 2.45) is 5.73 Å². The van der Waals surface area contributed by atoms with Crippen molar-refractivity contribution in [1.29, 1.82) is 0 Å². The molecule has 2 rings (SSSR count). The van der Waals surface area contributed by atoms with Gasteiger partial charge in [0.15, 0.2) is 0 Å². The normalized spacial score (nSPS) is 10.4. The molecule has 0 amide bonds. The van der Waals surface area contributed by atoms with Gasteiger partial charge in [-0.15, -0.1) is 0 Å². The smallest absolute Gasteiger partial charge is 0.0180 e. The molecule has 0 atom stereocenters. The Morgan fingerprint density at radius 2 is 1.62 bits per heavy atom. The quantitative estimate of drug-likeness (QED) is 0.885. The lowest BCUT2D eigenvalue weighted by Gasteiger charge is -2.07. The van der Waals surface area contributed by atoms with Gasteiger partial charge in [0.25, 0.3) is 0 Å². The number of nitrogens with two attached hydrogens (primary N) is 1. The van der Waals surface area contributed by atoms with Gasteiger partial charge in [-0.1, -0.05) is 40.2 Å². The first-order valence-corrected chi connectivity index (χ1v) is 6.05. The van der Waals surface area contributed by atoms with Crippen LogP contribution >= 0.6 is 15.9 Å². The van der Waals surface area contributed by atoms with E-state index in [1.165, 1.54) is 22.3 Å². The average molecular weight is 276 g/mol. The van der Waals surface area contributed by atoms with Crippen LogP contribution in [0.5, 0.6) is 0 Å². The Labute approximate surface area is 104 Å². The second-order valence-corrected chi connectivity index (χ2v) is 4.77. The second-order valence-electron chi connectivity index (χ2n) is 3.85. The summed E-state index contributed by atoms with van der Waals surface area (Å²) in [6.07, 6.45) is 0. The molecule has 2 aromatic carbocycles. The highest BCUT2D eigenvalue weighted by molar-refractivity contribution is 9.10. The molecule has 0 saturated carbocycles. The minimum absolute atomic E-state index is 0.593. The van der Waals surface area contributed by atoms with Crippen LogP contribution in [0.3, 0.4) is 0 Å². The number of halogens is 1. The van der Waals surface area contributed by atoms with Crippen molar-refractivity contribution < 1.29 is 0 Å². The van der Waals surface area contributed by atoms with Gasteiger partial charge in [0.1, 0.15) is 0 Å². The zero-order valence-electron chi connectivity index (χ0n) is 9.20. The summed E-state index contributed by atoms with van der Waals surface area (Å²) in [5.74, 6) is 0. The van der Waals surface area contributed by atoms with Crippen molar-refractivity contribution in [3.05, 3.63) is 58.1 Å². The van der Waals surface area contributed by atoms with Crippen molar-refractivity contribution in [2.75, 3.05) is 0 Å². The summed E-state index contributed by atoms with van der Waals surface area (Å²) in [4.78, 5) is 0. The number of benzene rings is 2. The molecule has 2 N–H and O–H groups in total. The fourth-order valence-corrected chi connectivity index (χ4v) is 1.98. The molecule has 2 heteroatoms. The van der Waals surface area contributed by atoms with Crippen molar-refractivity contribution in [2.45, 2.75) is 13.5 Å². The Bertz CT molecular complexity index is 489. The summed E-state index contributed by atoms with van der Waals surface area (Å²) in [5, 5.41) is 0. The van der Waals surface area contributed by atoms with E-state index in [2.05, 4.69) is 65.3 Å². The Morgan fingerprint density at radius 1 is 1.00 bits per heavy atom. The maximum atomic E-state index is 5.71. The zero-order valence-corrected chi connectivity index (χ0v) is 10.8. The van der Waals surface area contributed by atoms with Gasteiger partial charge in [0, 0.05) is 11.0 Å². The summed E-state index contributed by atoms with van der Waals surface area (Å²) in [6.45, 7) is 2.68. The van der Waals surface area contributed by atoms with Crippen LogP contribution in [0.25, 0.3) is 11.1 Å². The molecule has 0 saturated heterocycles. The molecule has 0 aliphatic rings. The number of rotatable bonds is 2. The summed E-state index contributed by atoms with van der Waals surface area (Å²) in [6, 6.07) is 14.7. The lowest BCUT2D eigenvalue weighted by Crippen LogP contribution is -1.99. The summed E-state index contributed by atoms with van der Waals surface area (Å²) < 4.78 is 1.10. The molecular weight excluding hydrogens is 262 g/mol. The van der Waals surface area contributed by atoms with Crippen LogP contribution in [0.15, 0.2) is 46.9 Å². The van der Waals surface area contributed by atoms with E-state index < -0.39 is 0 Å². The predicted molar refractivity (Wildman–Crippen MR) is 72.2 cm³/mol. The predicted octanol–water partition coefficient (Wildman–Crippen LogP) is 3.88. The molecule has 0 fully saturated rings. The largest absolute Gasteiger partial charge is 0.326 e. The van der Waals surface area contributed by atoms with E-state index in [-0.39, 0.29) is 0 Å². The molecule has 0 unspecified atom stereocenters. The number of aryl methyl sites for hydroxylation is 1. The maximum absolute atomic E-state index is 5.71. The molecule has 0 spiro atoms. The fraction of sp³-hybridized carbons (Fsp3) is 0.143. The average Bonchev–Trinajstić information content (AvgIpc) is 2.31. The summed E-state index contributed by atoms with van der Waals surface area (Å²) in [7, 11) is 0. The van der Waals surface area contributed by atoms with E-state index in [4.69, 9.17) is 5.73 Å². The van der Waals surface area contributed by atoms with E-state index >= 15 is 0 Å². The van der Waals surface area contributed by atoms with Gasteiger partial charge in [-0.2, -0.15) is 0 Å². The van der Waals surface area contributed by atoms with Gasteiger partial charge in [-0.05, 0) is 47.4 Å². The summed E-state index contributed by atoms with van der Waals surface area (Å²) >= 11 is 3.44. The van der Waals surface area contributed by atoms with Gasteiger partial charge in [-0.3, -0.25) is 0 Å². The van der Waals surface area contributed by atoms with Crippen LogP contribution in [-0.4, -0.2) is 0 Å². The third-order valence-electron chi connectivity index (χ3n) is 2.75. The lowest BCUT2D eigenvalue weighted by atomic mass is 10.00. The van der Waals surface area contributed by atoms with Crippen LogP contribution in [0.2, 0.25) is 0 Å². The standard InChI is InChI=1S/C14H14BrN/c1-10-2-3-12(8-13(10)9-16)11-4-6-14(15)7-5-11/h2-8H,9,16H2,1H3. The van der Waals surface area contributed by atoms with Gasteiger partial charge in [0.2, 0.25) is 0 Å². The van der Waals surface area contributed by atoms with Crippen LogP contribution < -0.4 is 5.73 Å². The first-order chi connectivity index (χ1) is 7.70. The molecule has 82 valence electrons. The fourth-order valence-electron chi connectivity index (χ4n) is 1.71. The van der Waals surface area contributed by atoms with E-state index in [1.807, 2.05) is 0 Å². The topological polar surface area (TPSA) is 26.0 Å². The molecule has 0 aromatic heterocycles. The highest BCUT2D eigenvalue weighted by Crippen LogP contribution is 2.23. The first kappa shape index (κ1) is 11.4. The Morgan fingerprint density at radius 3 is 2.25 bits per heavy atom. The van der Waals surface area contributed by atoms with Crippen molar-refractivity contribution >= 4 is 15.9 Å². The van der Waals surface area contributed by atoms with E-state index in [9.17, 15) is 0 Å². The third-order valence-corrected chi connectivity index (χ3v) is 3.28. The third kappa shape index (κ3) is 2.34. The lowest BCUT2D eigenvalue weighted by molar-refractivity contribution is 1.05. The van der Waals surface area contributed by atoms with E-state index in [0.717, 1.165) is 4.47 Å². The molecule has 1 nitrogen and oxygen atoms in total. The van der Waals surface area contributed by atoms with Crippen LogP contribution in [0.1, 0.15) is 11.1 Å². The van der Waals surface area contributed by atoms with E-state index in [1.54, 1.807) is 0 Å². The highest BCUT2D eigenvalue weighted by atomic mass is 79.9. The molecule has 16 heavy (non-hydrogen) atoms. The molecule has 0 bridgehead atoms. The highest BCUT2D eigenvalue weighted by Gasteiger charge is 2.01. The van der Waals surface area contributed by atoms with Gasteiger partial charge < -0.3 is 5.73 Å². The number of hydrogen-bond acceptors (Lipinski definition) is 1. The molecule has 0 aliphatic carbocycles. The first-order valence-electron chi connectivity index (χ1n) is 5.26. The van der Waals surface area contributed by atoms with Crippen molar-refractivity contribution in [3.63, 3.8) is 0 Å². The second kappa shape index (κ2) is 4.81. The van der Waals surface area contributed by atoms with Crippen molar-refractivity contribution in [3.8, 4) is 11.1 Å². The Kier molecular flexibility index (Phi) is 3.42. The molecule has 2 aromatic rings. The summed E-state index contributed by atoms with van der Waals surface area (Å²) in [5.41, 5.74) is 10.6. The molecular formula is C14H14BrN. The molecule has 0 radical (unpaired) electrons. The molecule has 0 heterocycles.